The van der Waals surface area contributed by atoms with Crippen LogP contribution in [0.2, 0.25) is 5.15 Å². The first-order valence-electron chi connectivity index (χ1n) is 6.82. The van der Waals surface area contributed by atoms with E-state index < -0.39 is 0 Å². The van der Waals surface area contributed by atoms with Crippen LogP contribution in [0.3, 0.4) is 0 Å². The summed E-state index contributed by atoms with van der Waals surface area (Å²) in [5.74, 6) is 1.18. The van der Waals surface area contributed by atoms with Crippen LogP contribution in [0, 0.1) is 0 Å². The van der Waals surface area contributed by atoms with Crippen LogP contribution in [-0.2, 0) is 7.05 Å². The molecule has 0 aliphatic carbocycles. The number of halogens is 1. The fourth-order valence-corrected chi connectivity index (χ4v) is 2.78. The van der Waals surface area contributed by atoms with E-state index in [1.807, 2.05) is 60.4 Å². The van der Waals surface area contributed by atoms with Gasteiger partial charge in [0.25, 0.3) is 0 Å². The number of hydrogen-bond donors (Lipinski definition) is 0. The third-order valence-corrected chi connectivity index (χ3v) is 3.84. The van der Waals surface area contributed by atoms with Crippen LogP contribution >= 0.6 is 11.6 Å². The van der Waals surface area contributed by atoms with Gasteiger partial charge in [0, 0.05) is 31.2 Å². The van der Waals surface area contributed by atoms with Gasteiger partial charge in [-0.15, -0.1) is 5.10 Å². The first-order valence-corrected chi connectivity index (χ1v) is 7.20. The molecule has 0 radical (unpaired) electrons. The third-order valence-electron chi connectivity index (χ3n) is 3.57. The molecule has 0 amide bonds. The van der Waals surface area contributed by atoms with E-state index >= 15 is 0 Å². The van der Waals surface area contributed by atoms with Crippen molar-refractivity contribution in [2.75, 3.05) is 0 Å². The number of aromatic nitrogens is 5. The number of benzene rings is 1. The molecule has 0 aliphatic rings. The topological polar surface area (TPSA) is 48.0 Å². The lowest BCUT2D eigenvalue weighted by molar-refractivity contribution is 0.860. The second kappa shape index (κ2) is 4.96. The van der Waals surface area contributed by atoms with Crippen LogP contribution in [0.1, 0.15) is 0 Å². The molecule has 4 rings (SSSR count). The van der Waals surface area contributed by atoms with Gasteiger partial charge in [-0.05, 0) is 11.6 Å². The Labute approximate surface area is 131 Å². The maximum atomic E-state index is 6.42. The quantitative estimate of drug-likeness (QED) is 0.570. The van der Waals surface area contributed by atoms with Crippen molar-refractivity contribution in [3.05, 3.63) is 60.1 Å². The van der Waals surface area contributed by atoms with Gasteiger partial charge >= 0.3 is 0 Å². The molecule has 3 heterocycles. The molecule has 0 aliphatic heterocycles. The van der Waals surface area contributed by atoms with Crippen molar-refractivity contribution in [1.82, 2.24) is 24.1 Å². The van der Waals surface area contributed by atoms with Crippen LogP contribution in [0.5, 0.6) is 0 Å². The number of fused-ring (bicyclic) bond motifs is 1. The van der Waals surface area contributed by atoms with Gasteiger partial charge in [0.2, 0.25) is 5.82 Å². The van der Waals surface area contributed by atoms with Gasteiger partial charge in [0.15, 0.2) is 11.0 Å². The van der Waals surface area contributed by atoms with Gasteiger partial charge < -0.3 is 4.57 Å². The molecule has 5 nitrogen and oxygen atoms in total. The summed E-state index contributed by atoms with van der Waals surface area (Å²) < 4.78 is 3.61. The molecule has 108 valence electrons. The Morgan fingerprint density at radius 3 is 2.59 bits per heavy atom. The maximum absolute atomic E-state index is 6.42. The molecule has 0 bridgehead atoms. The van der Waals surface area contributed by atoms with E-state index in [-0.39, 0.29) is 0 Å². The Kier molecular flexibility index (Phi) is 2.94. The summed E-state index contributed by atoms with van der Waals surface area (Å²) in [5, 5.41) is 4.94. The molecule has 1 aromatic carbocycles. The predicted octanol–water partition coefficient (Wildman–Crippen LogP) is 3.45. The lowest BCUT2D eigenvalue weighted by Crippen LogP contribution is -2.02. The molecule has 0 spiro atoms. The van der Waals surface area contributed by atoms with Crippen molar-refractivity contribution in [3.8, 4) is 22.8 Å². The number of hydrogen-bond acceptors (Lipinski definition) is 3. The Balaban J connectivity index is 1.94. The van der Waals surface area contributed by atoms with Crippen molar-refractivity contribution < 1.29 is 0 Å². The highest BCUT2D eigenvalue weighted by atomic mass is 35.5. The molecule has 0 N–H and O–H groups in total. The van der Waals surface area contributed by atoms with Crippen molar-refractivity contribution in [1.29, 1.82) is 0 Å². The smallest absolute Gasteiger partial charge is 0.217 e. The number of aryl methyl sites for hydroxylation is 1. The Bertz CT molecular complexity index is 955. The molecule has 0 saturated carbocycles. The lowest BCUT2D eigenvalue weighted by Gasteiger charge is -2.05. The number of nitrogens with zero attached hydrogens (tertiary/aromatic N) is 5. The van der Waals surface area contributed by atoms with Gasteiger partial charge in [-0.2, -0.15) is 0 Å². The highest BCUT2D eigenvalue weighted by Gasteiger charge is 2.15. The average molecular weight is 310 g/mol. The number of rotatable bonds is 2. The zero-order valence-electron chi connectivity index (χ0n) is 11.8. The molecule has 22 heavy (non-hydrogen) atoms. The third kappa shape index (κ3) is 1.98. The molecule has 3 aromatic heterocycles. The second-order valence-electron chi connectivity index (χ2n) is 4.98. The summed E-state index contributed by atoms with van der Waals surface area (Å²) in [6.07, 6.45) is 5.45. The summed E-state index contributed by atoms with van der Waals surface area (Å²) in [6, 6.07) is 12.1. The molecule has 0 saturated heterocycles. The summed E-state index contributed by atoms with van der Waals surface area (Å²) in [5.41, 5.74) is 2.89. The Morgan fingerprint density at radius 2 is 1.86 bits per heavy atom. The minimum Gasteiger partial charge on any atom is -0.331 e. The minimum atomic E-state index is 0.414. The summed E-state index contributed by atoms with van der Waals surface area (Å²) in [4.78, 5) is 8.68. The molecule has 6 heteroatoms. The molecular weight excluding hydrogens is 298 g/mol. The van der Waals surface area contributed by atoms with Crippen LogP contribution in [-0.4, -0.2) is 24.1 Å². The SMILES string of the molecule is Cn1ccnc1-c1nc(Cl)c2c(-c3ccccc3)ccn2n1. The minimum absolute atomic E-state index is 0.414. The number of imidazole rings is 1. The Morgan fingerprint density at radius 1 is 1.05 bits per heavy atom. The Hall–Kier alpha value is -2.66. The van der Waals surface area contributed by atoms with Crippen molar-refractivity contribution in [2.45, 2.75) is 0 Å². The zero-order valence-corrected chi connectivity index (χ0v) is 12.6. The predicted molar refractivity (Wildman–Crippen MR) is 85.6 cm³/mol. The fourth-order valence-electron chi connectivity index (χ4n) is 2.51. The van der Waals surface area contributed by atoms with E-state index in [1.54, 1.807) is 10.7 Å². The van der Waals surface area contributed by atoms with Crippen molar-refractivity contribution in [2.24, 2.45) is 7.05 Å². The second-order valence-corrected chi connectivity index (χ2v) is 5.33. The molecule has 0 atom stereocenters. The summed E-state index contributed by atoms with van der Waals surface area (Å²) in [6.45, 7) is 0. The van der Waals surface area contributed by atoms with E-state index in [0.29, 0.717) is 16.8 Å². The van der Waals surface area contributed by atoms with Gasteiger partial charge in [0.1, 0.15) is 5.52 Å². The normalized spacial score (nSPS) is 11.2. The van der Waals surface area contributed by atoms with Crippen LogP contribution < -0.4 is 0 Å². The van der Waals surface area contributed by atoms with Gasteiger partial charge in [0.05, 0.1) is 0 Å². The largest absolute Gasteiger partial charge is 0.331 e. The monoisotopic (exact) mass is 309 g/mol. The van der Waals surface area contributed by atoms with Crippen LogP contribution in [0.15, 0.2) is 55.0 Å². The molecular formula is C16H12ClN5. The van der Waals surface area contributed by atoms with E-state index in [9.17, 15) is 0 Å². The van der Waals surface area contributed by atoms with Gasteiger partial charge in [-0.25, -0.2) is 14.5 Å². The molecule has 0 fully saturated rings. The molecule has 4 aromatic rings. The molecule has 0 unspecified atom stereocenters. The zero-order chi connectivity index (χ0) is 15.1. The highest BCUT2D eigenvalue weighted by Crippen LogP contribution is 2.30. The standard InChI is InChI=1S/C16H12ClN5/c1-21-10-8-18-16(21)15-19-14(17)13-12(7-9-22(13)20-15)11-5-3-2-4-6-11/h2-10H,1H3. The first-order chi connectivity index (χ1) is 10.7. The van der Waals surface area contributed by atoms with E-state index in [2.05, 4.69) is 15.1 Å². The van der Waals surface area contributed by atoms with E-state index in [4.69, 9.17) is 11.6 Å². The van der Waals surface area contributed by atoms with Crippen molar-refractivity contribution in [3.63, 3.8) is 0 Å². The summed E-state index contributed by atoms with van der Waals surface area (Å²) in [7, 11) is 1.90. The van der Waals surface area contributed by atoms with Gasteiger partial charge in [-0.3, -0.25) is 0 Å². The fraction of sp³-hybridized carbons (Fsp3) is 0.0625. The maximum Gasteiger partial charge on any atom is 0.217 e. The first kappa shape index (κ1) is 13.0. The average Bonchev–Trinajstić information content (AvgIpc) is 3.14. The van der Waals surface area contributed by atoms with E-state index in [0.717, 1.165) is 16.6 Å². The van der Waals surface area contributed by atoms with Crippen LogP contribution in [0.25, 0.3) is 28.3 Å². The van der Waals surface area contributed by atoms with Crippen molar-refractivity contribution >= 4 is 17.1 Å². The highest BCUT2D eigenvalue weighted by molar-refractivity contribution is 6.33. The van der Waals surface area contributed by atoms with Gasteiger partial charge in [-0.1, -0.05) is 41.9 Å². The van der Waals surface area contributed by atoms with Crippen LogP contribution in [0.4, 0.5) is 0 Å². The van der Waals surface area contributed by atoms with E-state index in [1.165, 1.54) is 0 Å². The summed E-state index contributed by atoms with van der Waals surface area (Å²) >= 11 is 6.42. The lowest BCUT2D eigenvalue weighted by atomic mass is 10.1.